The van der Waals surface area contributed by atoms with Crippen LogP contribution in [-0.4, -0.2) is 23.7 Å². The van der Waals surface area contributed by atoms with Crippen LogP contribution in [0.3, 0.4) is 0 Å². The van der Waals surface area contributed by atoms with Crippen molar-refractivity contribution in [3.05, 3.63) is 89.1 Å². The number of aromatic nitrogens is 1. The topological polar surface area (TPSA) is 57.7 Å². The molecule has 0 aliphatic heterocycles. The predicted octanol–water partition coefficient (Wildman–Crippen LogP) is 6.39. The van der Waals surface area contributed by atoms with E-state index in [1.807, 2.05) is 54.6 Å². The average Bonchev–Trinajstić information content (AvgIpc) is 2.85. The summed E-state index contributed by atoms with van der Waals surface area (Å²) < 4.78 is 18.0. The molecule has 0 N–H and O–H groups in total. The molecule has 0 amide bonds. The maximum Gasteiger partial charge on any atom is 0.347 e. The van der Waals surface area contributed by atoms with Crippen LogP contribution in [0.5, 0.6) is 11.6 Å². The summed E-state index contributed by atoms with van der Waals surface area (Å²) in [4.78, 5) is 17.8. The molecule has 2 atom stereocenters. The van der Waals surface area contributed by atoms with E-state index in [-0.39, 0.29) is 24.2 Å². The number of pyridine rings is 1. The first-order valence-electron chi connectivity index (χ1n) is 12.2. The van der Waals surface area contributed by atoms with E-state index in [9.17, 15) is 4.79 Å². The maximum absolute atomic E-state index is 13.1. The van der Waals surface area contributed by atoms with E-state index in [0.717, 1.165) is 36.1 Å². The Morgan fingerprint density at radius 2 is 1.65 bits per heavy atom. The summed E-state index contributed by atoms with van der Waals surface area (Å²) in [6, 6.07) is 21.9. The van der Waals surface area contributed by atoms with Crippen LogP contribution in [0.2, 0.25) is 0 Å². The Hall–Kier alpha value is -3.34. The molecule has 0 spiro atoms. The number of hydrogen-bond acceptors (Lipinski definition) is 5. The van der Waals surface area contributed by atoms with Crippen LogP contribution >= 0.6 is 0 Å². The summed E-state index contributed by atoms with van der Waals surface area (Å²) in [5.41, 5.74) is 3.19. The molecule has 2 unspecified atom stereocenters. The number of rotatable bonds is 9. The molecule has 1 saturated carbocycles. The molecular formula is C29H33NO4. The van der Waals surface area contributed by atoms with Crippen LogP contribution in [0.25, 0.3) is 0 Å². The first-order chi connectivity index (χ1) is 16.6. The van der Waals surface area contributed by atoms with Gasteiger partial charge in [-0.25, -0.2) is 9.78 Å². The molecule has 0 saturated heterocycles. The molecule has 0 bridgehead atoms. The molecule has 0 radical (unpaired) electrons. The molecule has 34 heavy (non-hydrogen) atoms. The Bertz CT molecular complexity index is 1070. The molecular weight excluding hydrogens is 426 g/mol. The third-order valence-electron chi connectivity index (χ3n) is 6.24. The molecule has 3 aromatic rings. The summed E-state index contributed by atoms with van der Waals surface area (Å²) in [5, 5.41) is 0. The number of hydrogen-bond donors (Lipinski definition) is 0. The van der Waals surface area contributed by atoms with Gasteiger partial charge in [-0.05, 0) is 43.2 Å². The highest BCUT2D eigenvalue weighted by Gasteiger charge is 2.29. The lowest BCUT2D eigenvalue weighted by molar-refractivity contribution is 0.0500. The molecule has 1 aliphatic rings. The highest BCUT2D eigenvalue weighted by atomic mass is 16.5. The second kappa shape index (κ2) is 11.7. The van der Waals surface area contributed by atoms with Crippen LogP contribution in [0.4, 0.5) is 0 Å². The number of nitrogens with zero attached hydrogens (tertiary/aromatic N) is 1. The SMILES string of the molecule is CCOC(=O)c1c(OC2CCCCC2C)cc(Cc2ccccc2)nc1OCc1ccccc1. The molecule has 1 heterocycles. The number of benzene rings is 2. The molecule has 1 fully saturated rings. The summed E-state index contributed by atoms with van der Waals surface area (Å²) in [7, 11) is 0. The van der Waals surface area contributed by atoms with Gasteiger partial charge in [0.25, 0.3) is 0 Å². The van der Waals surface area contributed by atoms with Gasteiger partial charge >= 0.3 is 5.97 Å². The molecule has 1 aromatic heterocycles. The van der Waals surface area contributed by atoms with Gasteiger partial charge in [-0.1, -0.05) is 74.0 Å². The lowest BCUT2D eigenvalue weighted by Gasteiger charge is -2.30. The van der Waals surface area contributed by atoms with Gasteiger partial charge in [0.1, 0.15) is 18.5 Å². The van der Waals surface area contributed by atoms with Crippen molar-refractivity contribution < 1.29 is 19.0 Å². The van der Waals surface area contributed by atoms with Gasteiger partial charge in [0.15, 0.2) is 5.56 Å². The minimum Gasteiger partial charge on any atom is -0.489 e. The van der Waals surface area contributed by atoms with Crippen molar-refractivity contribution in [2.45, 2.75) is 58.7 Å². The standard InChI is InChI=1S/C29H33NO4/c1-3-32-29(31)27-26(34-25-17-11-10-12-21(25)2)19-24(18-22-13-6-4-7-14-22)30-28(27)33-20-23-15-8-5-9-16-23/h4-9,13-16,19,21,25H,3,10-12,17-18,20H2,1-2H3. The Morgan fingerprint density at radius 3 is 2.32 bits per heavy atom. The van der Waals surface area contributed by atoms with Crippen molar-refractivity contribution in [1.82, 2.24) is 4.98 Å². The number of ether oxygens (including phenoxy) is 3. The summed E-state index contributed by atoms with van der Waals surface area (Å²) in [6.45, 7) is 4.58. The van der Waals surface area contributed by atoms with Crippen LogP contribution in [-0.2, 0) is 17.8 Å². The Kier molecular flexibility index (Phi) is 8.18. The third-order valence-corrected chi connectivity index (χ3v) is 6.24. The van der Waals surface area contributed by atoms with Gasteiger partial charge in [-0.2, -0.15) is 0 Å². The van der Waals surface area contributed by atoms with E-state index >= 15 is 0 Å². The van der Waals surface area contributed by atoms with Crippen molar-refractivity contribution >= 4 is 5.97 Å². The van der Waals surface area contributed by atoms with E-state index < -0.39 is 5.97 Å². The zero-order valence-electron chi connectivity index (χ0n) is 20.0. The average molecular weight is 460 g/mol. The Labute approximate surface area is 202 Å². The van der Waals surface area contributed by atoms with E-state index in [1.165, 1.54) is 6.42 Å². The first-order valence-corrected chi connectivity index (χ1v) is 12.2. The van der Waals surface area contributed by atoms with Gasteiger partial charge in [-0.3, -0.25) is 0 Å². The molecule has 5 heteroatoms. The van der Waals surface area contributed by atoms with Crippen LogP contribution in [0.15, 0.2) is 66.7 Å². The zero-order valence-corrected chi connectivity index (χ0v) is 20.0. The van der Waals surface area contributed by atoms with Crippen LogP contribution in [0.1, 0.15) is 66.7 Å². The van der Waals surface area contributed by atoms with Crippen LogP contribution in [0, 0.1) is 5.92 Å². The summed E-state index contributed by atoms with van der Waals surface area (Å²) in [6.07, 6.45) is 5.10. The fraction of sp³-hybridized carbons (Fsp3) is 0.379. The number of esters is 1. The smallest absolute Gasteiger partial charge is 0.347 e. The molecule has 5 nitrogen and oxygen atoms in total. The Morgan fingerprint density at radius 1 is 0.971 bits per heavy atom. The molecule has 178 valence electrons. The van der Waals surface area contributed by atoms with Crippen molar-refractivity contribution in [3.63, 3.8) is 0 Å². The van der Waals surface area contributed by atoms with Crippen molar-refractivity contribution in [3.8, 4) is 11.6 Å². The fourth-order valence-corrected chi connectivity index (χ4v) is 4.38. The first kappa shape index (κ1) is 23.8. The van der Waals surface area contributed by atoms with E-state index in [2.05, 4.69) is 19.1 Å². The minimum absolute atomic E-state index is 0.0517. The fourth-order valence-electron chi connectivity index (χ4n) is 4.38. The van der Waals surface area contributed by atoms with Gasteiger partial charge in [0.05, 0.1) is 12.3 Å². The highest BCUT2D eigenvalue weighted by molar-refractivity contribution is 5.95. The van der Waals surface area contributed by atoms with E-state index in [4.69, 9.17) is 19.2 Å². The van der Waals surface area contributed by atoms with Crippen molar-refractivity contribution in [1.29, 1.82) is 0 Å². The van der Waals surface area contributed by atoms with Gasteiger partial charge in [0.2, 0.25) is 5.88 Å². The summed E-state index contributed by atoms with van der Waals surface area (Å²) >= 11 is 0. The lowest BCUT2D eigenvalue weighted by Crippen LogP contribution is -2.29. The maximum atomic E-state index is 13.1. The van der Waals surface area contributed by atoms with Crippen molar-refractivity contribution in [2.75, 3.05) is 6.61 Å². The van der Waals surface area contributed by atoms with Gasteiger partial charge in [-0.15, -0.1) is 0 Å². The van der Waals surface area contributed by atoms with Gasteiger partial charge < -0.3 is 14.2 Å². The monoisotopic (exact) mass is 459 g/mol. The lowest BCUT2D eigenvalue weighted by atomic mass is 9.88. The number of carbonyl (C=O) groups is 1. The Balaban J connectivity index is 1.72. The molecule has 1 aliphatic carbocycles. The largest absolute Gasteiger partial charge is 0.489 e. The van der Waals surface area contributed by atoms with Gasteiger partial charge in [0, 0.05) is 12.5 Å². The third kappa shape index (κ3) is 6.16. The molecule has 2 aromatic carbocycles. The minimum atomic E-state index is -0.470. The molecule has 4 rings (SSSR count). The van der Waals surface area contributed by atoms with Crippen LogP contribution < -0.4 is 9.47 Å². The second-order valence-corrected chi connectivity index (χ2v) is 8.87. The predicted molar refractivity (Wildman–Crippen MR) is 132 cm³/mol. The highest BCUT2D eigenvalue weighted by Crippen LogP contribution is 2.35. The zero-order chi connectivity index (χ0) is 23.8. The quantitative estimate of drug-likeness (QED) is 0.347. The van der Waals surface area contributed by atoms with Crippen molar-refractivity contribution in [2.24, 2.45) is 5.92 Å². The van der Waals surface area contributed by atoms with E-state index in [1.54, 1.807) is 6.92 Å². The second-order valence-electron chi connectivity index (χ2n) is 8.87. The summed E-state index contributed by atoms with van der Waals surface area (Å²) in [5.74, 6) is 0.710. The number of carbonyl (C=O) groups excluding carboxylic acids is 1. The van der Waals surface area contributed by atoms with E-state index in [0.29, 0.717) is 24.7 Å². The normalized spacial score (nSPS) is 17.7.